The molecule has 7 heteroatoms. The Balaban J connectivity index is 1.66. The molecule has 1 aliphatic rings. The summed E-state index contributed by atoms with van der Waals surface area (Å²) in [5.74, 6) is -0.556. The van der Waals surface area contributed by atoms with Crippen LogP contribution in [0.4, 0.5) is 0 Å². The minimum absolute atomic E-state index is 0.0109. The molecular weight excluding hydrogens is 336 g/mol. The molecule has 2 aromatic rings. The Kier molecular flexibility index (Phi) is 5.25. The molecule has 1 heterocycles. The summed E-state index contributed by atoms with van der Waals surface area (Å²) in [4.78, 5) is 23.2. The lowest BCUT2D eigenvalue weighted by molar-refractivity contribution is -0.147. The molecule has 1 aliphatic carbocycles. The van der Waals surface area contributed by atoms with Gasteiger partial charge in [-0.1, -0.05) is 12.1 Å². The van der Waals surface area contributed by atoms with Gasteiger partial charge >= 0.3 is 11.9 Å². The van der Waals surface area contributed by atoms with Gasteiger partial charge in [-0.25, -0.2) is 4.79 Å². The third-order valence-electron chi connectivity index (χ3n) is 4.61. The first-order valence-electron chi connectivity index (χ1n) is 8.68. The molecule has 1 N–H and O–H groups in total. The molecule has 138 valence electrons. The van der Waals surface area contributed by atoms with Crippen LogP contribution in [0.25, 0.3) is 11.1 Å². The molecule has 2 unspecified atom stereocenters. The van der Waals surface area contributed by atoms with Gasteiger partial charge in [0.2, 0.25) is 0 Å². The highest BCUT2D eigenvalue weighted by molar-refractivity contribution is 5.94. The maximum Gasteiger partial charge on any atom is 0.354 e. The Morgan fingerprint density at radius 2 is 2.00 bits per heavy atom. The van der Waals surface area contributed by atoms with Crippen LogP contribution >= 0.6 is 0 Å². The summed E-state index contributed by atoms with van der Waals surface area (Å²) in [6.45, 7) is 2.20. The fraction of sp³-hybridized carbons (Fsp3) is 0.421. The highest BCUT2D eigenvalue weighted by Crippen LogP contribution is 2.31. The number of carboxylic acids is 1. The van der Waals surface area contributed by atoms with Gasteiger partial charge in [0.05, 0.1) is 24.8 Å². The van der Waals surface area contributed by atoms with E-state index in [2.05, 4.69) is 5.10 Å². The van der Waals surface area contributed by atoms with Gasteiger partial charge in [0.1, 0.15) is 5.75 Å². The number of carbonyl (C=O) groups is 2. The van der Waals surface area contributed by atoms with Crippen molar-refractivity contribution < 1.29 is 24.2 Å². The van der Waals surface area contributed by atoms with Gasteiger partial charge in [-0.15, -0.1) is 0 Å². The van der Waals surface area contributed by atoms with Crippen LogP contribution in [0, 0.1) is 5.92 Å². The zero-order valence-electron chi connectivity index (χ0n) is 14.8. The zero-order chi connectivity index (χ0) is 18.7. The van der Waals surface area contributed by atoms with Crippen LogP contribution in [0.3, 0.4) is 0 Å². The lowest BCUT2D eigenvalue weighted by Crippen LogP contribution is -2.18. The van der Waals surface area contributed by atoms with Gasteiger partial charge in [-0.2, -0.15) is 5.10 Å². The van der Waals surface area contributed by atoms with Gasteiger partial charge in [0, 0.05) is 12.6 Å². The first-order chi connectivity index (χ1) is 12.5. The highest BCUT2D eigenvalue weighted by Gasteiger charge is 2.32. The van der Waals surface area contributed by atoms with Gasteiger partial charge in [0.15, 0.2) is 5.69 Å². The normalized spacial score (nSPS) is 19.3. The number of hydrogen-bond acceptors (Lipinski definition) is 5. The topological polar surface area (TPSA) is 90.7 Å². The molecule has 0 radical (unpaired) electrons. The number of benzene rings is 1. The smallest absolute Gasteiger partial charge is 0.354 e. The molecule has 0 spiro atoms. The number of esters is 1. The summed E-state index contributed by atoms with van der Waals surface area (Å²) in [7, 11) is 1.60. The van der Waals surface area contributed by atoms with Crippen molar-refractivity contribution in [1.29, 1.82) is 0 Å². The Morgan fingerprint density at radius 1 is 1.27 bits per heavy atom. The van der Waals surface area contributed by atoms with Crippen LogP contribution in [0.15, 0.2) is 30.5 Å². The van der Waals surface area contributed by atoms with Crippen LogP contribution in [0.1, 0.15) is 36.7 Å². The van der Waals surface area contributed by atoms with E-state index in [0.717, 1.165) is 18.4 Å². The highest BCUT2D eigenvalue weighted by atomic mass is 16.5. The second-order valence-electron chi connectivity index (χ2n) is 6.36. The van der Waals surface area contributed by atoms with Crippen molar-refractivity contribution in [2.45, 2.75) is 32.3 Å². The quantitative estimate of drug-likeness (QED) is 0.799. The van der Waals surface area contributed by atoms with Gasteiger partial charge < -0.3 is 14.6 Å². The van der Waals surface area contributed by atoms with Crippen LogP contribution in [0.5, 0.6) is 5.75 Å². The molecule has 2 atom stereocenters. The van der Waals surface area contributed by atoms with Crippen LogP contribution < -0.4 is 4.74 Å². The second kappa shape index (κ2) is 7.59. The lowest BCUT2D eigenvalue weighted by Gasteiger charge is -2.14. The Bertz CT molecular complexity index is 797. The Hall–Kier alpha value is -2.83. The number of aromatic carboxylic acids is 1. The first kappa shape index (κ1) is 18.0. The first-order valence-corrected chi connectivity index (χ1v) is 8.68. The molecule has 0 aliphatic heterocycles. The lowest BCUT2D eigenvalue weighted by atomic mass is 10.1. The molecule has 0 amide bonds. The number of carbonyl (C=O) groups excluding carboxylic acids is 1. The van der Waals surface area contributed by atoms with Crippen LogP contribution in [-0.4, -0.2) is 39.5 Å². The largest absolute Gasteiger partial charge is 0.490 e. The molecule has 0 saturated heterocycles. The number of rotatable bonds is 6. The summed E-state index contributed by atoms with van der Waals surface area (Å²) in [6.07, 6.45) is 3.78. The molecule has 1 saturated carbocycles. The van der Waals surface area contributed by atoms with E-state index in [1.807, 2.05) is 24.3 Å². The SMILES string of the molecule is CCOC(=O)C1CCC(Oc2ccc(-c3cnn(C)c3C(=O)O)cc2)C1. The molecular formula is C19H22N2O5. The van der Waals surface area contributed by atoms with Gasteiger partial charge in [-0.05, 0) is 43.9 Å². The predicted octanol–water partition coefficient (Wildman–Crippen LogP) is 2.90. The fourth-order valence-electron chi connectivity index (χ4n) is 3.33. The minimum atomic E-state index is -1.02. The van der Waals surface area contributed by atoms with Crippen molar-refractivity contribution in [1.82, 2.24) is 9.78 Å². The van der Waals surface area contributed by atoms with E-state index in [-0.39, 0.29) is 23.7 Å². The standard InChI is InChI=1S/C19H22N2O5/c1-3-25-19(24)13-6-9-15(10-13)26-14-7-4-12(5-8-14)16-11-20-21(2)17(16)18(22)23/h4-5,7-8,11,13,15H,3,6,9-10H2,1-2H3,(H,22,23). The van der Waals surface area contributed by atoms with Crippen molar-refractivity contribution in [3.05, 3.63) is 36.2 Å². The Morgan fingerprint density at radius 3 is 2.65 bits per heavy atom. The van der Waals surface area contributed by atoms with Crippen LogP contribution in [0.2, 0.25) is 0 Å². The summed E-state index contributed by atoms with van der Waals surface area (Å²) in [5.41, 5.74) is 1.47. The third kappa shape index (κ3) is 3.71. The van der Waals surface area contributed by atoms with E-state index in [0.29, 0.717) is 24.3 Å². The van der Waals surface area contributed by atoms with Crippen LogP contribution in [-0.2, 0) is 16.6 Å². The number of ether oxygens (including phenoxy) is 2. The van der Waals surface area contributed by atoms with Crippen molar-refractivity contribution in [3.8, 4) is 16.9 Å². The summed E-state index contributed by atoms with van der Waals surface area (Å²) in [5, 5.41) is 13.3. The number of aromatic nitrogens is 2. The van der Waals surface area contributed by atoms with E-state index in [4.69, 9.17) is 9.47 Å². The molecule has 1 aromatic heterocycles. The van der Waals surface area contributed by atoms with E-state index < -0.39 is 5.97 Å². The van der Waals surface area contributed by atoms with Crippen molar-refractivity contribution in [2.75, 3.05) is 6.61 Å². The third-order valence-corrected chi connectivity index (χ3v) is 4.61. The summed E-state index contributed by atoms with van der Waals surface area (Å²) < 4.78 is 12.4. The predicted molar refractivity (Wildman–Crippen MR) is 94.0 cm³/mol. The number of hydrogen-bond donors (Lipinski definition) is 1. The van der Waals surface area contributed by atoms with E-state index in [1.54, 1.807) is 20.2 Å². The molecule has 1 aromatic carbocycles. The molecule has 7 nitrogen and oxygen atoms in total. The average molecular weight is 358 g/mol. The average Bonchev–Trinajstić information content (AvgIpc) is 3.22. The monoisotopic (exact) mass is 358 g/mol. The second-order valence-corrected chi connectivity index (χ2v) is 6.36. The Labute approximate surface area is 151 Å². The van der Waals surface area contributed by atoms with Gasteiger partial charge in [-0.3, -0.25) is 9.48 Å². The summed E-state index contributed by atoms with van der Waals surface area (Å²) >= 11 is 0. The fourth-order valence-corrected chi connectivity index (χ4v) is 3.33. The number of carboxylic acid groups (broad SMARTS) is 1. The maximum absolute atomic E-state index is 11.8. The van der Waals surface area contributed by atoms with Gasteiger partial charge in [0.25, 0.3) is 0 Å². The number of nitrogens with zero attached hydrogens (tertiary/aromatic N) is 2. The summed E-state index contributed by atoms with van der Waals surface area (Å²) in [6, 6.07) is 7.25. The molecule has 26 heavy (non-hydrogen) atoms. The molecule has 0 bridgehead atoms. The van der Waals surface area contributed by atoms with Crippen molar-refractivity contribution in [3.63, 3.8) is 0 Å². The zero-order valence-corrected chi connectivity index (χ0v) is 14.8. The maximum atomic E-state index is 11.8. The molecule has 1 fully saturated rings. The van der Waals surface area contributed by atoms with E-state index in [9.17, 15) is 14.7 Å². The molecule has 3 rings (SSSR count). The van der Waals surface area contributed by atoms with E-state index in [1.165, 1.54) is 4.68 Å². The minimum Gasteiger partial charge on any atom is -0.490 e. The van der Waals surface area contributed by atoms with Crippen molar-refractivity contribution in [2.24, 2.45) is 13.0 Å². The van der Waals surface area contributed by atoms with Crippen molar-refractivity contribution >= 4 is 11.9 Å². The number of aryl methyl sites for hydroxylation is 1. The van der Waals surface area contributed by atoms with E-state index >= 15 is 0 Å².